The first-order valence-electron chi connectivity index (χ1n) is 9.79. The highest BCUT2D eigenvalue weighted by molar-refractivity contribution is 5.76. The van der Waals surface area contributed by atoms with Crippen LogP contribution in [0.4, 0.5) is 11.6 Å². The van der Waals surface area contributed by atoms with Gasteiger partial charge in [0.2, 0.25) is 5.95 Å². The van der Waals surface area contributed by atoms with E-state index in [0.29, 0.717) is 23.5 Å². The summed E-state index contributed by atoms with van der Waals surface area (Å²) in [4.78, 5) is 22.1. The molecular formula is C20H29N7O2. The summed E-state index contributed by atoms with van der Waals surface area (Å²) in [6.45, 7) is 6.31. The molecule has 0 spiro atoms. The summed E-state index contributed by atoms with van der Waals surface area (Å²) in [5, 5.41) is 17.0. The zero-order valence-electron chi connectivity index (χ0n) is 17.4. The number of anilines is 2. The van der Waals surface area contributed by atoms with Gasteiger partial charge in [-0.25, -0.2) is 4.98 Å². The van der Waals surface area contributed by atoms with E-state index in [4.69, 9.17) is 5.11 Å². The number of carboxylic acids is 1. The zero-order valence-corrected chi connectivity index (χ0v) is 17.4. The molecule has 3 rings (SSSR count). The Kier molecular flexibility index (Phi) is 6.48. The smallest absolute Gasteiger partial charge is 0.325 e. The fourth-order valence-electron chi connectivity index (χ4n) is 3.27. The van der Waals surface area contributed by atoms with Crippen molar-refractivity contribution in [3.8, 4) is 0 Å². The zero-order chi connectivity index (χ0) is 21.0. The predicted octanol–water partition coefficient (Wildman–Crippen LogP) is 2.68. The minimum atomic E-state index is -0.941. The van der Waals surface area contributed by atoms with Crippen LogP contribution in [0.5, 0.6) is 0 Å². The normalized spacial score (nSPS) is 12.8. The van der Waals surface area contributed by atoms with Crippen LogP contribution in [-0.4, -0.2) is 60.9 Å². The van der Waals surface area contributed by atoms with Crippen molar-refractivity contribution in [2.45, 2.75) is 33.4 Å². The van der Waals surface area contributed by atoms with Crippen LogP contribution in [0.25, 0.3) is 11.0 Å². The first-order chi connectivity index (χ1) is 13.8. The van der Waals surface area contributed by atoms with Crippen LogP contribution in [0, 0.1) is 11.8 Å². The van der Waals surface area contributed by atoms with Gasteiger partial charge < -0.3 is 19.9 Å². The molecule has 9 nitrogen and oxygen atoms in total. The number of hydrogen-bond acceptors (Lipinski definition) is 6. The minimum Gasteiger partial charge on any atom is -0.480 e. The number of rotatable bonds is 10. The van der Waals surface area contributed by atoms with Gasteiger partial charge in [-0.15, -0.1) is 0 Å². The van der Waals surface area contributed by atoms with Crippen LogP contribution < -0.4 is 5.32 Å². The molecule has 0 aromatic carbocycles. The Morgan fingerprint density at radius 2 is 2.10 bits per heavy atom. The molecule has 0 radical (unpaired) electrons. The molecule has 2 N–H and O–H groups in total. The van der Waals surface area contributed by atoms with Crippen molar-refractivity contribution < 1.29 is 9.90 Å². The lowest BCUT2D eigenvalue weighted by molar-refractivity contribution is -0.137. The van der Waals surface area contributed by atoms with Gasteiger partial charge in [-0.05, 0) is 45.0 Å². The van der Waals surface area contributed by atoms with E-state index in [0.717, 1.165) is 30.5 Å². The summed E-state index contributed by atoms with van der Waals surface area (Å²) in [6.07, 6.45) is 8.18. The lowest BCUT2D eigenvalue weighted by atomic mass is 9.92. The van der Waals surface area contributed by atoms with Crippen molar-refractivity contribution in [3.63, 3.8) is 0 Å². The first-order valence-corrected chi connectivity index (χ1v) is 9.79. The molecule has 0 fully saturated rings. The topological polar surface area (TPSA) is 101 Å². The molecule has 3 heterocycles. The van der Waals surface area contributed by atoms with Crippen LogP contribution in [-0.2, 0) is 17.9 Å². The molecule has 0 aliphatic rings. The second-order valence-electron chi connectivity index (χ2n) is 7.98. The fourth-order valence-corrected chi connectivity index (χ4v) is 3.27. The molecule has 0 saturated heterocycles. The van der Waals surface area contributed by atoms with E-state index in [-0.39, 0.29) is 6.54 Å². The molecule has 156 valence electrons. The van der Waals surface area contributed by atoms with E-state index in [1.807, 2.05) is 6.07 Å². The number of nitrogens with one attached hydrogen (secondary N) is 1. The SMILES string of the molecule is CC(C)C(CCN(C)C)Cn1ccc2cnc(Nc3cnn(CC(=O)O)c3)nc21. The van der Waals surface area contributed by atoms with Gasteiger partial charge in [0.1, 0.15) is 12.2 Å². The highest BCUT2D eigenvalue weighted by Crippen LogP contribution is 2.22. The maximum atomic E-state index is 10.8. The Labute approximate surface area is 170 Å². The molecule has 29 heavy (non-hydrogen) atoms. The molecule has 1 atom stereocenters. The van der Waals surface area contributed by atoms with Crippen molar-refractivity contribution in [1.82, 2.24) is 29.2 Å². The summed E-state index contributed by atoms with van der Waals surface area (Å²) in [5.41, 5.74) is 1.53. The van der Waals surface area contributed by atoms with Crippen LogP contribution in [0.3, 0.4) is 0 Å². The summed E-state index contributed by atoms with van der Waals surface area (Å²) in [7, 11) is 4.21. The number of hydrogen-bond donors (Lipinski definition) is 2. The summed E-state index contributed by atoms with van der Waals surface area (Å²) in [6, 6.07) is 2.04. The van der Waals surface area contributed by atoms with E-state index in [2.05, 4.69) is 64.0 Å². The Hall–Kier alpha value is -2.94. The number of aromatic nitrogens is 5. The van der Waals surface area contributed by atoms with Crippen molar-refractivity contribution in [2.75, 3.05) is 26.0 Å². The van der Waals surface area contributed by atoms with Crippen LogP contribution in [0.1, 0.15) is 20.3 Å². The predicted molar refractivity (Wildman–Crippen MR) is 112 cm³/mol. The third-order valence-electron chi connectivity index (χ3n) is 5.01. The summed E-state index contributed by atoms with van der Waals surface area (Å²) < 4.78 is 3.54. The average Bonchev–Trinajstić information content (AvgIpc) is 3.24. The van der Waals surface area contributed by atoms with Gasteiger partial charge in [0.05, 0.1) is 11.9 Å². The summed E-state index contributed by atoms with van der Waals surface area (Å²) >= 11 is 0. The number of nitrogens with zero attached hydrogens (tertiary/aromatic N) is 6. The summed E-state index contributed by atoms with van der Waals surface area (Å²) in [5.74, 6) is 0.645. The third kappa shape index (κ3) is 5.54. The Morgan fingerprint density at radius 3 is 2.79 bits per heavy atom. The number of carbonyl (C=O) groups is 1. The molecule has 0 bridgehead atoms. The molecule has 9 heteroatoms. The van der Waals surface area contributed by atoms with Gasteiger partial charge in [0.25, 0.3) is 0 Å². The highest BCUT2D eigenvalue weighted by Gasteiger charge is 2.16. The van der Waals surface area contributed by atoms with Crippen molar-refractivity contribution in [2.24, 2.45) is 11.8 Å². The second-order valence-corrected chi connectivity index (χ2v) is 7.98. The molecule has 0 aliphatic heterocycles. The molecule has 0 amide bonds. The molecule has 3 aromatic heterocycles. The molecule has 0 saturated carbocycles. The van der Waals surface area contributed by atoms with Crippen molar-refractivity contribution in [1.29, 1.82) is 0 Å². The quantitative estimate of drug-likeness (QED) is 0.540. The molecule has 1 unspecified atom stereocenters. The second kappa shape index (κ2) is 9.04. The molecular weight excluding hydrogens is 370 g/mol. The molecule has 3 aromatic rings. The average molecular weight is 399 g/mol. The monoisotopic (exact) mass is 399 g/mol. The van der Waals surface area contributed by atoms with Crippen molar-refractivity contribution >= 4 is 28.6 Å². The largest absolute Gasteiger partial charge is 0.480 e. The van der Waals surface area contributed by atoms with Crippen molar-refractivity contribution in [3.05, 3.63) is 30.9 Å². The molecule has 0 aliphatic carbocycles. The lowest BCUT2D eigenvalue weighted by Crippen LogP contribution is -2.23. The van der Waals surface area contributed by atoms with Gasteiger partial charge in [-0.1, -0.05) is 13.8 Å². The Balaban J connectivity index is 1.77. The van der Waals surface area contributed by atoms with Gasteiger partial charge in [-0.3, -0.25) is 9.48 Å². The first kappa shape index (κ1) is 20.8. The van der Waals surface area contributed by atoms with Crippen LogP contribution in [0.15, 0.2) is 30.9 Å². The number of aliphatic carboxylic acids is 1. The number of carboxylic acid groups (broad SMARTS) is 1. The van der Waals surface area contributed by atoms with E-state index in [1.54, 1.807) is 18.6 Å². The fraction of sp³-hybridized carbons (Fsp3) is 0.500. The minimum absolute atomic E-state index is 0.187. The van der Waals surface area contributed by atoms with E-state index < -0.39 is 5.97 Å². The third-order valence-corrected chi connectivity index (χ3v) is 5.01. The van der Waals surface area contributed by atoms with Gasteiger partial charge in [0.15, 0.2) is 0 Å². The standard InChI is InChI=1S/C20H29N7O2/c1-14(2)16(5-7-25(3)4)11-26-8-6-15-9-21-20(24-19(15)26)23-17-10-22-27(12-17)13-18(28)29/h6,8-10,12,14,16H,5,7,11,13H2,1-4H3,(H,28,29)(H,21,23,24). The van der Waals surface area contributed by atoms with E-state index >= 15 is 0 Å². The van der Waals surface area contributed by atoms with Crippen LogP contribution >= 0.6 is 0 Å². The highest BCUT2D eigenvalue weighted by atomic mass is 16.4. The lowest BCUT2D eigenvalue weighted by Gasteiger charge is -2.23. The van der Waals surface area contributed by atoms with E-state index in [9.17, 15) is 4.79 Å². The van der Waals surface area contributed by atoms with Gasteiger partial charge in [0, 0.05) is 30.5 Å². The maximum absolute atomic E-state index is 10.8. The number of fused-ring (bicyclic) bond motifs is 1. The Bertz CT molecular complexity index is 961. The van der Waals surface area contributed by atoms with Crippen LogP contribution in [0.2, 0.25) is 0 Å². The maximum Gasteiger partial charge on any atom is 0.325 e. The van der Waals surface area contributed by atoms with Gasteiger partial charge in [-0.2, -0.15) is 10.1 Å². The Morgan fingerprint density at radius 1 is 1.31 bits per heavy atom. The van der Waals surface area contributed by atoms with Gasteiger partial charge >= 0.3 is 5.97 Å². The van der Waals surface area contributed by atoms with E-state index in [1.165, 1.54) is 4.68 Å².